The molecule has 3 atom stereocenters. The summed E-state index contributed by atoms with van der Waals surface area (Å²) in [4.78, 5) is 16.5. The minimum Gasteiger partial charge on any atom is -0.382 e. The molecule has 2 aromatic heterocycles. The molecule has 2 aliphatic heterocycles. The molecule has 0 radical (unpaired) electrons. The number of aromatic nitrogens is 3. The van der Waals surface area contributed by atoms with Gasteiger partial charge in [-0.3, -0.25) is 4.79 Å². The molecule has 4 heterocycles. The number of nitrogens with one attached hydrogen (secondary N) is 1. The molecule has 0 saturated carbocycles. The number of hydrogen-bond donors (Lipinski definition) is 1. The molecule has 2 aromatic rings. The first-order valence-electron chi connectivity index (χ1n) is 10.7. The van der Waals surface area contributed by atoms with Crippen LogP contribution in [-0.2, 0) is 14.8 Å². The van der Waals surface area contributed by atoms with E-state index >= 15 is 8.78 Å². The number of halogens is 4. The smallest absolute Gasteiger partial charge is 0.288 e. The van der Waals surface area contributed by atoms with Crippen molar-refractivity contribution in [3.8, 4) is 0 Å². The van der Waals surface area contributed by atoms with Crippen LogP contribution >= 0.6 is 23.2 Å². The second-order valence-electron chi connectivity index (χ2n) is 8.25. The Kier molecular flexibility index (Phi) is 7.72. The molecule has 14 heteroatoms. The number of piperidine rings is 1. The molecule has 34 heavy (non-hydrogen) atoms. The molecule has 0 amide bonds. The lowest BCUT2D eigenvalue weighted by molar-refractivity contribution is 0.0490. The summed E-state index contributed by atoms with van der Waals surface area (Å²) >= 11 is 11.9. The highest BCUT2D eigenvalue weighted by molar-refractivity contribution is 7.89. The Morgan fingerprint density at radius 3 is 2.53 bits per heavy atom. The summed E-state index contributed by atoms with van der Waals surface area (Å²) in [6.07, 6.45) is 0.181. The second kappa shape index (κ2) is 10.4. The Balaban J connectivity index is 1.50. The third kappa shape index (κ3) is 5.20. The van der Waals surface area contributed by atoms with E-state index in [0.717, 1.165) is 31.7 Å². The number of hydrogen-bond acceptors (Lipinski definition) is 7. The van der Waals surface area contributed by atoms with Crippen LogP contribution < -0.4 is 10.9 Å². The van der Waals surface area contributed by atoms with Crippen LogP contribution in [0.4, 0.5) is 14.5 Å². The van der Waals surface area contributed by atoms with Crippen molar-refractivity contribution in [1.29, 1.82) is 0 Å². The third-order valence-corrected chi connectivity index (χ3v) is 8.20. The number of sulfonamides is 1. The highest BCUT2D eigenvalue weighted by Gasteiger charge is 2.44. The Hall–Kier alpha value is -1.86. The summed E-state index contributed by atoms with van der Waals surface area (Å²) < 4.78 is 62.4. The predicted octanol–water partition coefficient (Wildman–Crippen LogP) is 2.71. The van der Waals surface area contributed by atoms with E-state index in [2.05, 4.69) is 15.4 Å². The van der Waals surface area contributed by atoms with Crippen LogP contribution in [-0.4, -0.2) is 72.7 Å². The van der Waals surface area contributed by atoms with Gasteiger partial charge in [-0.1, -0.05) is 23.2 Å². The van der Waals surface area contributed by atoms with Crippen molar-refractivity contribution in [2.24, 2.45) is 5.92 Å². The molecule has 4 rings (SSSR count). The molecular formula is C20H23Cl2F2N5O4S. The van der Waals surface area contributed by atoms with Crippen LogP contribution in [0.3, 0.4) is 0 Å². The number of pyridine rings is 1. The quantitative estimate of drug-likeness (QED) is 0.603. The second-order valence-corrected chi connectivity index (χ2v) is 10.9. The molecule has 0 aromatic carbocycles. The Morgan fingerprint density at radius 1 is 1.18 bits per heavy atom. The van der Waals surface area contributed by atoms with Gasteiger partial charge in [-0.15, -0.1) is 0 Å². The lowest BCUT2D eigenvalue weighted by Gasteiger charge is -2.36. The van der Waals surface area contributed by atoms with Crippen LogP contribution in [0.15, 0.2) is 34.3 Å². The fourth-order valence-electron chi connectivity index (χ4n) is 4.06. The van der Waals surface area contributed by atoms with Crippen molar-refractivity contribution in [1.82, 2.24) is 19.1 Å². The summed E-state index contributed by atoms with van der Waals surface area (Å²) in [5, 5.41) is 6.57. The van der Waals surface area contributed by atoms with E-state index in [1.807, 2.05) is 0 Å². The van der Waals surface area contributed by atoms with E-state index in [1.165, 1.54) is 12.3 Å². The summed E-state index contributed by atoms with van der Waals surface area (Å²) in [5.74, 6) is 0.249. The van der Waals surface area contributed by atoms with Crippen molar-refractivity contribution < 1.29 is 21.9 Å². The Bertz CT molecular complexity index is 1170. The van der Waals surface area contributed by atoms with Crippen molar-refractivity contribution in [2.75, 3.05) is 38.2 Å². The van der Waals surface area contributed by atoms with E-state index in [-0.39, 0.29) is 26.7 Å². The molecule has 0 spiro atoms. The first-order valence-corrected chi connectivity index (χ1v) is 12.9. The van der Waals surface area contributed by atoms with Gasteiger partial charge in [-0.25, -0.2) is 26.9 Å². The average Bonchev–Trinajstić information content (AvgIpc) is 2.81. The maximum atomic E-state index is 15.1. The van der Waals surface area contributed by atoms with Crippen molar-refractivity contribution in [2.45, 2.75) is 36.3 Å². The monoisotopic (exact) mass is 537 g/mol. The fraction of sp³-hybridized carbons (Fsp3) is 0.550. The van der Waals surface area contributed by atoms with E-state index in [9.17, 15) is 13.2 Å². The molecule has 2 aliphatic rings. The molecule has 9 nitrogen and oxygen atoms in total. The van der Waals surface area contributed by atoms with Gasteiger partial charge in [0.2, 0.25) is 0 Å². The number of anilines is 1. The van der Waals surface area contributed by atoms with Crippen LogP contribution in [0.1, 0.15) is 18.9 Å². The minimum atomic E-state index is -4.26. The summed E-state index contributed by atoms with van der Waals surface area (Å²) in [6.45, 7) is 0.475. The zero-order valence-corrected chi connectivity index (χ0v) is 20.2. The average molecular weight is 538 g/mol. The van der Waals surface area contributed by atoms with Crippen LogP contribution in [0.5, 0.6) is 0 Å². The highest BCUT2D eigenvalue weighted by atomic mass is 35.5. The zero-order valence-electron chi connectivity index (χ0n) is 17.9. The molecule has 2 saturated heterocycles. The maximum Gasteiger partial charge on any atom is 0.288 e. The van der Waals surface area contributed by atoms with Crippen molar-refractivity contribution >= 4 is 38.9 Å². The van der Waals surface area contributed by atoms with Crippen molar-refractivity contribution in [3.63, 3.8) is 0 Å². The first-order chi connectivity index (χ1) is 16.2. The van der Waals surface area contributed by atoms with E-state index < -0.39 is 47.1 Å². The summed E-state index contributed by atoms with van der Waals surface area (Å²) in [6, 6.07) is 0.841. The van der Waals surface area contributed by atoms with Gasteiger partial charge in [0, 0.05) is 32.4 Å². The van der Waals surface area contributed by atoms with Gasteiger partial charge in [-0.2, -0.15) is 9.40 Å². The normalized spacial score (nSPS) is 24.8. The van der Waals surface area contributed by atoms with Gasteiger partial charge < -0.3 is 10.1 Å². The van der Waals surface area contributed by atoms with Gasteiger partial charge in [0.05, 0.1) is 23.5 Å². The standard InChI is InChI=1S/C20H23Cl2F2N5O4S/c21-13-3-4-17(26-7-13)34(31,32)28-9-14(23)19(15(24)10-28)29-20(30)18(22)16(8-27-29)25-6-12-2-1-5-33-11-12/h3-4,7-8,12,14-15,19,25H,1-2,5-6,9-11H2/t12-,14+,15+/m1/s1. The molecule has 0 bridgehead atoms. The predicted molar refractivity (Wildman–Crippen MR) is 122 cm³/mol. The first kappa shape index (κ1) is 25.2. The molecule has 1 N–H and O–H groups in total. The zero-order chi connectivity index (χ0) is 24.5. The number of nitrogens with zero attached hydrogens (tertiary/aromatic N) is 4. The molecule has 0 unspecified atom stereocenters. The summed E-state index contributed by atoms with van der Waals surface area (Å²) in [7, 11) is -4.26. The van der Waals surface area contributed by atoms with Crippen LogP contribution in [0.25, 0.3) is 0 Å². The van der Waals surface area contributed by atoms with Crippen molar-refractivity contribution in [3.05, 3.63) is 44.9 Å². The lowest BCUT2D eigenvalue weighted by atomic mass is 10.0. The highest BCUT2D eigenvalue weighted by Crippen LogP contribution is 2.31. The topological polar surface area (TPSA) is 106 Å². The third-order valence-electron chi connectivity index (χ3n) is 5.86. The SMILES string of the molecule is O=c1c(Cl)c(NC[C@H]2CCCOC2)cnn1C1[C@@H](F)CN(S(=O)(=O)c2ccc(Cl)cn2)C[C@@H]1F. The molecule has 0 aliphatic carbocycles. The molecule has 186 valence electrons. The molecular weight excluding hydrogens is 515 g/mol. The molecule has 2 fully saturated rings. The van der Waals surface area contributed by atoms with E-state index in [0.29, 0.717) is 22.1 Å². The number of rotatable bonds is 6. The summed E-state index contributed by atoms with van der Waals surface area (Å²) in [5.41, 5.74) is -0.606. The van der Waals surface area contributed by atoms with Gasteiger partial charge in [0.1, 0.15) is 23.4 Å². The van der Waals surface area contributed by atoms with Gasteiger partial charge in [-0.05, 0) is 30.9 Å². The van der Waals surface area contributed by atoms with Gasteiger partial charge >= 0.3 is 0 Å². The Labute approximate surface area is 205 Å². The van der Waals surface area contributed by atoms with Gasteiger partial charge in [0.15, 0.2) is 5.03 Å². The van der Waals surface area contributed by atoms with Crippen LogP contribution in [0, 0.1) is 5.92 Å². The Morgan fingerprint density at radius 2 is 1.91 bits per heavy atom. The minimum absolute atomic E-state index is 0.219. The lowest BCUT2D eigenvalue weighted by Crippen LogP contribution is -2.53. The largest absolute Gasteiger partial charge is 0.382 e. The van der Waals surface area contributed by atoms with E-state index in [4.69, 9.17) is 27.9 Å². The van der Waals surface area contributed by atoms with Crippen LogP contribution in [0.2, 0.25) is 10.0 Å². The van der Waals surface area contributed by atoms with Gasteiger partial charge in [0.25, 0.3) is 15.6 Å². The maximum absolute atomic E-state index is 15.1. The van der Waals surface area contributed by atoms with E-state index in [1.54, 1.807) is 0 Å². The fourth-order valence-corrected chi connectivity index (χ4v) is 5.74. The number of alkyl halides is 2. The number of ether oxygens (including phenoxy) is 1.